The number of carbonyl (C=O) groups is 1. The van der Waals surface area contributed by atoms with Gasteiger partial charge in [0.05, 0.1) is 6.04 Å². The lowest BCUT2D eigenvalue weighted by molar-refractivity contribution is 0.237. The van der Waals surface area contributed by atoms with E-state index in [1.54, 1.807) is 22.2 Å². The largest absolute Gasteiger partial charge is 0.338 e. The molecule has 6 nitrogen and oxygen atoms in total. The van der Waals surface area contributed by atoms with Crippen molar-refractivity contribution in [3.05, 3.63) is 34.5 Å². The Balaban J connectivity index is 1.74. The van der Waals surface area contributed by atoms with Gasteiger partial charge in [0.25, 0.3) is 0 Å². The van der Waals surface area contributed by atoms with E-state index in [0.29, 0.717) is 6.54 Å². The molecule has 0 aromatic carbocycles. The Morgan fingerprint density at radius 2 is 2.42 bits per heavy atom. The van der Waals surface area contributed by atoms with Crippen molar-refractivity contribution in [1.29, 1.82) is 0 Å². The number of thiophene rings is 1. The second-order valence-corrected chi connectivity index (χ2v) is 5.28. The SMILES string of the molecule is C[C@H](NC(=O)NCCc1cccs1)c1nncn1C. The summed E-state index contributed by atoms with van der Waals surface area (Å²) in [6, 6.07) is 3.71. The number of hydrogen-bond donors (Lipinski definition) is 2. The number of nitrogens with one attached hydrogen (secondary N) is 2. The molecule has 1 atom stereocenters. The second-order valence-electron chi connectivity index (χ2n) is 4.25. The zero-order valence-corrected chi connectivity index (χ0v) is 11.8. The summed E-state index contributed by atoms with van der Waals surface area (Å²) in [5, 5.41) is 15.4. The van der Waals surface area contributed by atoms with Gasteiger partial charge in [-0.1, -0.05) is 6.07 Å². The number of nitrogens with zero attached hydrogens (tertiary/aromatic N) is 3. The molecule has 2 rings (SSSR count). The molecule has 0 radical (unpaired) electrons. The molecule has 2 aromatic rings. The standard InChI is InChI=1S/C12H17N5OS/c1-9(11-16-14-8-17(11)2)15-12(18)13-6-5-10-4-3-7-19-10/h3-4,7-9H,5-6H2,1-2H3,(H2,13,15,18)/t9-/m0/s1. The van der Waals surface area contributed by atoms with E-state index >= 15 is 0 Å². The number of aromatic nitrogens is 3. The molecular weight excluding hydrogens is 262 g/mol. The van der Waals surface area contributed by atoms with Crippen LogP contribution in [0.2, 0.25) is 0 Å². The molecule has 0 aliphatic carbocycles. The van der Waals surface area contributed by atoms with Crippen LogP contribution < -0.4 is 10.6 Å². The summed E-state index contributed by atoms with van der Waals surface area (Å²) >= 11 is 1.70. The Bertz CT molecular complexity index is 522. The number of hydrogen-bond acceptors (Lipinski definition) is 4. The third kappa shape index (κ3) is 3.78. The van der Waals surface area contributed by atoms with E-state index in [1.807, 2.05) is 25.4 Å². The fourth-order valence-electron chi connectivity index (χ4n) is 1.75. The van der Waals surface area contributed by atoms with Crippen LogP contribution in [0.5, 0.6) is 0 Å². The Morgan fingerprint density at radius 1 is 1.58 bits per heavy atom. The van der Waals surface area contributed by atoms with E-state index in [9.17, 15) is 4.79 Å². The van der Waals surface area contributed by atoms with Gasteiger partial charge in [0, 0.05) is 18.5 Å². The van der Waals surface area contributed by atoms with Crippen LogP contribution in [0.1, 0.15) is 23.7 Å². The Morgan fingerprint density at radius 3 is 3.05 bits per heavy atom. The summed E-state index contributed by atoms with van der Waals surface area (Å²) in [6.45, 7) is 2.50. The highest BCUT2D eigenvalue weighted by atomic mass is 32.1. The molecule has 2 heterocycles. The molecule has 2 aromatic heterocycles. The lowest BCUT2D eigenvalue weighted by Gasteiger charge is -2.13. The van der Waals surface area contributed by atoms with E-state index in [-0.39, 0.29) is 12.1 Å². The van der Waals surface area contributed by atoms with Crippen LogP contribution in [0, 0.1) is 0 Å². The first-order valence-electron chi connectivity index (χ1n) is 6.07. The third-order valence-electron chi connectivity index (χ3n) is 2.72. The van der Waals surface area contributed by atoms with Crippen molar-refractivity contribution in [2.24, 2.45) is 7.05 Å². The molecule has 0 aliphatic heterocycles. The molecule has 2 amide bonds. The molecule has 0 saturated heterocycles. The molecule has 0 fully saturated rings. The molecular formula is C12H17N5OS. The van der Waals surface area contributed by atoms with Gasteiger partial charge in [-0.2, -0.15) is 0 Å². The van der Waals surface area contributed by atoms with Gasteiger partial charge >= 0.3 is 6.03 Å². The lowest BCUT2D eigenvalue weighted by Crippen LogP contribution is -2.38. The van der Waals surface area contributed by atoms with Crippen molar-refractivity contribution >= 4 is 17.4 Å². The van der Waals surface area contributed by atoms with Gasteiger partial charge in [-0.25, -0.2) is 4.79 Å². The van der Waals surface area contributed by atoms with Crippen molar-refractivity contribution < 1.29 is 4.79 Å². The average Bonchev–Trinajstić information content (AvgIpc) is 3.00. The molecule has 7 heteroatoms. The predicted molar refractivity (Wildman–Crippen MR) is 74.0 cm³/mol. The number of rotatable bonds is 5. The highest BCUT2D eigenvalue weighted by molar-refractivity contribution is 7.09. The van der Waals surface area contributed by atoms with E-state index < -0.39 is 0 Å². The Labute approximate surface area is 115 Å². The molecule has 102 valence electrons. The first kappa shape index (κ1) is 13.5. The normalized spacial score (nSPS) is 12.1. The van der Waals surface area contributed by atoms with Crippen LogP contribution in [0.4, 0.5) is 4.79 Å². The predicted octanol–water partition coefficient (Wildman–Crippen LogP) is 1.48. The first-order valence-corrected chi connectivity index (χ1v) is 6.95. The van der Waals surface area contributed by atoms with Crippen LogP contribution in [0.25, 0.3) is 0 Å². The molecule has 0 aliphatic rings. The van der Waals surface area contributed by atoms with Crippen LogP contribution in [0.3, 0.4) is 0 Å². The van der Waals surface area contributed by atoms with Gasteiger partial charge < -0.3 is 15.2 Å². The van der Waals surface area contributed by atoms with Crippen LogP contribution in [0.15, 0.2) is 23.8 Å². The minimum atomic E-state index is -0.188. The maximum absolute atomic E-state index is 11.7. The van der Waals surface area contributed by atoms with Crippen molar-refractivity contribution in [3.8, 4) is 0 Å². The maximum Gasteiger partial charge on any atom is 0.315 e. The van der Waals surface area contributed by atoms with E-state index in [2.05, 4.69) is 26.9 Å². The molecule has 0 bridgehead atoms. The van der Waals surface area contributed by atoms with Gasteiger partial charge in [0.1, 0.15) is 6.33 Å². The van der Waals surface area contributed by atoms with Gasteiger partial charge in [-0.3, -0.25) is 0 Å². The van der Waals surface area contributed by atoms with Crippen LogP contribution in [-0.4, -0.2) is 27.3 Å². The zero-order valence-electron chi connectivity index (χ0n) is 11.0. The van der Waals surface area contributed by atoms with Crippen molar-refractivity contribution in [2.45, 2.75) is 19.4 Å². The number of aryl methyl sites for hydroxylation is 1. The summed E-state index contributed by atoms with van der Waals surface area (Å²) in [4.78, 5) is 13.0. The summed E-state index contributed by atoms with van der Waals surface area (Å²) in [5.41, 5.74) is 0. The summed E-state index contributed by atoms with van der Waals surface area (Å²) in [6.07, 6.45) is 2.46. The highest BCUT2D eigenvalue weighted by Crippen LogP contribution is 2.08. The average molecular weight is 279 g/mol. The van der Waals surface area contributed by atoms with Crippen LogP contribution in [-0.2, 0) is 13.5 Å². The van der Waals surface area contributed by atoms with E-state index in [0.717, 1.165) is 12.2 Å². The molecule has 0 spiro atoms. The quantitative estimate of drug-likeness (QED) is 0.871. The van der Waals surface area contributed by atoms with Crippen LogP contribution >= 0.6 is 11.3 Å². The van der Waals surface area contributed by atoms with Gasteiger partial charge in [-0.05, 0) is 24.8 Å². The second kappa shape index (κ2) is 6.33. The molecule has 2 N–H and O–H groups in total. The van der Waals surface area contributed by atoms with Gasteiger partial charge in [-0.15, -0.1) is 21.5 Å². The first-order chi connectivity index (χ1) is 9.16. The molecule has 19 heavy (non-hydrogen) atoms. The highest BCUT2D eigenvalue weighted by Gasteiger charge is 2.13. The fourth-order valence-corrected chi connectivity index (χ4v) is 2.46. The summed E-state index contributed by atoms with van der Waals surface area (Å²) < 4.78 is 1.79. The minimum absolute atomic E-state index is 0.172. The third-order valence-corrected chi connectivity index (χ3v) is 3.65. The Kier molecular flexibility index (Phi) is 4.51. The fraction of sp³-hybridized carbons (Fsp3) is 0.417. The number of urea groups is 1. The van der Waals surface area contributed by atoms with E-state index in [4.69, 9.17) is 0 Å². The number of carbonyl (C=O) groups excluding carboxylic acids is 1. The monoisotopic (exact) mass is 279 g/mol. The lowest BCUT2D eigenvalue weighted by atomic mass is 10.3. The molecule has 0 unspecified atom stereocenters. The maximum atomic E-state index is 11.7. The van der Waals surface area contributed by atoms with Gasteiger partial charge in [0.2, 0.25) is 0 Å². The smallest absolute Gasteiger partial charge is 0.315 e. The summed E-state index contributed by atoms with van der Waals surface area (Å²) in [5.74, 6) is 0.730. The molecule has 0 saturated carbocycles. The van der Waals surface area contributed by atoms with Crippen molar-refractivity contribution in [1.82, 2.24) is 25.4 Å². The zero-order chi connectivity index (χ0) is 13.7. The Hall–Kier alpha value is -1.89. The number of amides is 2. The van der Waals surface area contributed by atoms with Crippen molar-refractivity contribution in [2.75, 3.05) is 6.54 Å². The van der Waals surface area contributed by atoms with E-state index in [1.165, 1.54) is 4.88 Å². The summed E-state index contributed by atoms with van der Waals surface area (Å²) in [7, 11) is 1.85. The topological polar surface area (TPSA) is 71.8 Å². The minimum Gasteiger partial charge on any atom is -0.338 e. The van der Waals surface area contributed by atoms with Crippen molar-refractivity contribution in [3.63, 3.8) is 0 Å². The van der Waals surface area contributed by atoms with Gasteiger partial charge in [0.15, 0.2) is 5.82 Å².